The van der Waals surface area contributed by atoms with Crippen LogP contribution >= 0.6 is 0 Å². The summed E-state index contributed by atoms with van der Waals surface area (Å²) in [6.45, 7) is 0. The molecule has 1 aliphatic heterocycles. The summed E-state index contributed by atoms with van der Waals surface area (Å²) in [4.78, 5) is 13.6. The molecule has 90 valence electrons. The van der Waals surface area contributed by atoms with E-state index >= 15 is 4.39 Å². The van der Waals surface area contributed by atoms with Crippen molar-refractivity contribution >= 4 is 11.6 Å². The lowest BCUT2D eigenvalue weighted by atomic mass is 9.89. The number of fused-ring (bicyclic) bond motifs is 1. The molecule has 0 aliphatic carbocycles. The van der Waals surface area contributed by atoms with E-state index in [1.807, 2.05) is 6.07 Å². The van der Waals surface area contributed by atoms with Crippen molar-refractivity contribution in [2.45, 2.75) is 5.67 Å². The van der Waals surface area contributed by atoms with E-state index in [-0.39, 0.29) is 0 Å². The number of para-hydroxylation sites is 1. The third-order valence-electron chi connectivity index (χ3n) is 3.41. The van der Waals surface area contributed by atoms with Gasteiger partial charge in [-0.3, -0.25) is 4.79 Å². The molecule has 2 nitrogen and oxygen atoms in total. The summed E-state index contributed by atoms with van der Waals surface area (Å²) in [7, 11) is 1.60. The summed E-state index contributed by atoms with van der Waals surface area (Å²) < 4.78 is 15.3. The molecule has 1 amide bonds. The summed E-state index contributed by atoms with van der Waals surface area (Å²) in [5, 5.41) is 0. The molecule has 18 heavy (non-hydrogen) atoms. The summed E-state index contributed by atoms with van der Waals surface area (Å²) in [5.74, 6) is -0.532. The van der Waals surface area contributed by atoms with E-state index in [0.717, 1.165) is 0 Å². The number of hydrogen-bond acceptors (Lipinski definition) is 1. The van der Waals surface area contributed by atoms with Crippen LogP contribution in [0.4, 0.5) is 10.1 Å². The van der Waals surface area contributed by atoms with E-state index in [0.29, 0.717) is 16.8 Å². The largest absolute Gasteiger partial charge is 0.312 e. The van der Waals surface area contributed by atoms with Crippen molar-refractivity contribution < 1.29 is 9.18 Å². The van der Waals surface area contributed by atoms with Crippen LogP contribution in [-0.4, -0.2) is 13.0 Å². The average molecular weight is 241 g/mol. The zero-order valence-corrected chi connectivity index (χ0v) is 9.93. The Morgan fingerprint density at radius 3 is 2.33 bits per heavy atom. The predicted molar refractivity (Wildman–Crippen MR) is 68.2 cm³/mol. The van der Waals surface area contributed by atoms with Crippen LogP contribution in [-0.2, 0) is 10.5 Å². The van der Waals surface area contributed by atoms with Crippen LogP contribution in [0, 0.1) is 0 Å². The number of halogens is 1. The number of carbonyl (C=O) groups excluding carboxylic acids is 1. The lowest BCUT2D eigenvalue weighted by Crippen LogP contribution is -2.35. The molecule has 0 aromatic heterocycles. The number of rotatable bonds is 1. The number of alkyl halides is 1. The van der Waals surface area contributed by atoms with Crippen molar-refractivity contribution in [2.24, 2.45) is 0 Å². The molecule has 0 saturated heterocycles. The molecular weight excluding hydrogens is 229 g/mol. The molecule has 2 aromatic carbocycles. The van der Waals surface area contributed by atoms with Crippen molar-refractivity contribution in [1.82, 2.24) is 0 Å². The first-order valence-corrected chi connectivity index (χ1v) is 5.78. The second-order valence-corrected chi connectivity index (χ2v) is 4.41. The molecule has 0 N–H and O–H groups in total. The summed E-state index contributed by atoms with van der Waals surface area (Å²) in [6, 6.07) is 15.6. The van der Waals surface area contributed by atoms with Crippen LogP contribution in [0.3, 0.4) is 0 Å². The van der Waals surface area contributed by atoms with E-state index in [9.17, 15) is 4.79 Å². The van der Waals surface area contributed by atoms with Crippen LogP contribution in [0.15, 0.2) is 54.6 Å². The van der Waals surface area contributed by atoms with Crippen LogP contribution in [0.5, 0.6) is 0 Å². The fourth-order valence-corrected chi connectivity index (χ4v) is 2.46. The zero-order chi connectivity index (χ0) is 12.8. The molecule has 3 heteroatoms. The molecule has 2 aromatic rings. The summed E-state index contributed by atoms with van der Waals surface area (Å²) in [5.41, 5.74) is -0.628. The molecule has 0 bridgehead atoms. The molecule has 1 atom stereocenters. The maximum absolute atomic E-state index is 15.3. The highest BCUT2D eigenvalue weighted by molar-refractivity contribution is 6.08. The molecular formula is C15H12FNO. The van der Waals surface area contributed by atoms with Crippen LogP contribution in [0.1, 0.15) is 11.1 Å². The Morgan fingerprint density at radius 2 is 1.61 bits per heavy atom. The lowest BCUT2D eigenvalue weighted by Gasteiger charge is -2.19. The minimum atomic E-state index is -2.06. The van der Waals surface area contributed by atoms with E-state index < -0.39 is 11.6 Å². The highest BCUT2D eigenvalue weighted by atomic mass is 19.1. The smallest absolute Gasteiger partial charge is 0.273 e. The Morgan fingerprint density at radius 1 is 1.00 bits per heavy atom. The third-order valence-corrected chi connectivity index (χ3v) is 3.41. The molecule has 3 rings (SSSR count). The van der Waals surface area contributed by atoms with Gasteiger partial charge in [-0.2, -0.15) is 0 Å². The Bertz CT molecular complexity index is 611. The van der Waals surface area contributed by atoms with Gasteiger partial charge in [-0.15, -0.1) is 0 Å². The lowest BCUT2D eigenvalue weighted by molar-refractivity contribution is -0.126. The standard InChI is InChI=1S/C15H12FNO/c1-17-13-10-6-5-9-12(13)15(16,14(17)18)11-7-3-2-4-8-11/h2-10H,1H3/t15-/m1/s1. The number of anilines is 1. The van der Waals surface area contributed by atoms with Gasteiger partial charge in [-0.05, 0) is 6.07 Å². The maximum Gasteiger partial charge on any atom is 0.273 e. The molecule has 0 spiro atoms. The first-order valence-electron chi connectivity index (χ1n) is 5.78. The van der Waals surface area contributed by atoms with Crippen LogP contribution < -0.4 is 4.90 Å². The van der Waals surface area contributed by atoms with Gasteiger partial charge in [0.2, 0.25) is 5.67 Å². The number of carbonyl (C=O) groups is 1. The van der Waals surface area contributed by atoms with Gasteiger partial charge in [0, 0.05) is 18.2 Å². The Kier molecular flexibility index (Phi) is 2.23. The molecule has 0 saturated carbocycles. The highest BCUT2D eigenvalue weighted by Crippen LogP contribution is 2.46. The van der Waals surface area contributed by atoms with E-state index in [1.54, 1.807) is 55.6 Å². The van der Waals surface area contributed by atoms with Gasteiger partial charge in [-0.1, -0.05) is 48.5 Å². The zero-order valence-electron chi connectivity index (χ0n) is 9.93. The van der Waals surface area contributed by atoms with Crippen molar-refractivity contribution in [3.63, 3.8) is 0 Å². The second-order valence-electron chi connectivity index (χ2n) is 4.41. The van der Waals surface area contributed by atoms with E-state index in [4.69, 9.17) is 0 Å². The minimum Gasteiger partial charge on any atom is -0.312 e. The fourth-order valence-electron chi connectivity index (χ4n) is 2.46. The summed E-state index contributed by atoms with van der Waals surface area (Å²) >= 11 is 0. The van der Waals surface area contributed by atoms with Crippen molar-refractivity contribution in [1.29, 1.82) is 0 Å². The van der Waals surface area contributed by atoms with E-state index in [2.05, 4.69) is 0 Å². The SMILES string of the molecule is CN1C(=O)[C@@](F)(c2ccccc2)c2ccccc21. The first-order chi connectivity index (χ1) is 8.65. The monoisotopic (exact) mass is 241 g/mol. The third kappa shape index (κ3) is 1.24. The van der Waals surface area contributed by atoms with Crippen molar-refractivity contribution in [3.05, 3.63) is 65.7 Å². The molecule has 0 fully saturated rings. The van der Waals surface area contributed by atoms with Gasteiger partial charge >= 0.3 is 0 Å². The second kappa shape index (κ2) is 3.67. The van der Waals surface area contributed by atoms with E-state index in [1.165, 1.54) is 4.90 Å². The minimum absolute atomic E-state index is 0.381. The van der Waals surface area contributed by atoms with Crippen molar-refractivity contribution in [2.75, 3.05) is 11.9 Å². The number of amides is 1. The quantitative estimate of drug-likeness (QED) is 0.751. The highest BCUT2D eigenvalue weighted by Gasteiger charge is 2.51. The Hall–Kier alpha value is -2.16. The average Bonchev–Trinajstić information content (AvgIpc) is 2.64. The molecule has 1 heterocycles. The van der Waals surface area contributed by atoms with Crippen LogP contribution in [0.2, 0.25) is 0 Å². The van der Waals surface area contributed by atoms with Gasteiger partial charge in [-0.25, -0.2) is 4.39 Å². The van der Waals surface area contributed by atoms with Crippen LogP contribution in [0.25, 0.3) is 0 Å². The van der Waals surface area contributed by atoms with Gasteiger partial charge in [0.25, 0.3) is 5.91 Å². The fraction of sp³-hybridized carbons (Fsp3) is 0.133. The van der Waals surface area contributed by atoms with Crippen molar-refractivity contribution in [3.8, 4) is 0 Å². The molecule has 0 unspecified atom stereocenters. The summed E-state index contributed by atoms with van der Waals surface area (Å²) in [6.07, 6.45) is 0. The number of nitrogens with zero attached hydrogens (tertiary/aromatic N) is 1. The normalized spacial score (nSPS) is 22.1. The number of hydrogen-bond donors (Lipinski definition) is 0. The Balaban J connectivity index is 2.27. The predicted octanol–water partition coefficient (Wildman–Crippen LogP) is 2.88. The van der Waals surface area contributed by atoms with Gasteiger partial charge in [0.05, 0.1) is 5.69 Å². The maximum atomic E-state index is 15.3. The van der Waals surface area contributed by atoms with Gasteiger partial charge in [0.15, 0.2) is 0 Å². The number of likely N-dealkylation sites (N-methyl/N-ethyl adjacent to an activating group) is 1. The van der Waals surface area contributed by atoms with Gasteiger partial charge < -0.3 is 4.90 Å². The number of benzene rings is 2. The molecule has 1 aliphatic rings. The van der Waals surface area contributed by atoms with Gasteiger partial charge in [0.1, 0.15) is 0 Å². The Labute approximate surface area is 105 Å². The topological polar surface area (TPSA) is 20.3 Å². The molecule has 0 radical (unpaired) electrons. The first kappa shape index (κ1) is 11.0.